The molecule has 6 aromatic heterocycles. The molecule has 0 unspecified atom stereocenters. The number of benzene rings is 4. The number of nitrogens with zero attached hydrogens (tertiary/aromatic N) is 10. The van der Waals surface area contributed by atoms with Crippen molar-refractivity contribution in [1.29, 1.82) is 0 Å². The largest absolute Gasteiger partial charge is 0.498 e. The van der Waals surface area contributed by atoms with Gasteiger partial charge in [0.25, 0.3) is 11.1 Å². The average molecular weight is 1170 g/mol. The lowest BCUT2D eigenvalue weighted by Gasteiger charge is -2.32. The van der Waals surface area contributed by atoms with E-state index in [1.165, 1.54) is 12.8 Å². The van der Waals surface area contributed by atoms with Crippen molar-refractivity contribution in [3.05, 3.63) is 183 Å². The van der Waals surface area contributed by atoms with Gasteiger partial charge >= 0.3 is 7.12 Å². The van der Waals surface area contributed by atoms with E-state index in [0.717, 1.165) is 125 Å². The minimum atomic E-state index is -0.509. The number of fused-ring (bicyclic) bond motifs is 6. The monoisotopic (exact) mass is 1160 g/mol. The predicted molar refractivity (Wildman–Crippen MR) is 334 cm³/mol. The van der Waals surface area contributed by atoms with Crippen LogP contribution in [0.4, 0.5) is 0 Å². The van der Waals surface area contributed by atoms with Crippen molar-refractivity contribution >= 4 is 67.5 Å². The Kier molecular flexibility index (Phi) is 17.9. The van der Waals surface area contributed by atoms with Crippen LogP contribution in [-0.4, -0.2) is 103 Å². The molecule has 8 heterocycles. The normalized spacial score (nSPS) is 19.9. The number of ether oxygens (including phenoxy) is 1. The quantitative estimate of drug-likeness (QED) is 0.0828. The second kappa shape index (κ2) is 25.6. The molecule has 0 radical (unpaired) electrons. The van der Waals surface area contributed by atoms with Crippen LogP contribution in [0.2, 0.25) is 5.15 Å². The van der Waals surface area contributed by atoms with E-state index in [-0.39, 0.29) is 41.5 Å². The lowest BCUT2D eigenvalue weighted by atomic mass is 9.82. The molecule has 4 atom stereocenters. The van der Waals surface area contributed by atoms with E-state index in [1.54, 1.807) is 55.8 Å². The number of aliphatic hydroxyl groups is 2. The number of halogens is 1. The van der Waals surface area contributed by atoms with Gasteiger partial charge in [0.2, 0.25) is 0 Å². The highest BCUT2D eigenvalue weighted by atomic mass is 35.5. The first-order chi connectivity index (χ1) is 41.0. The maximum Gasteiger partial charge on any atom is 0.498 e. The zero-order chi connectivity index (χ0) is 59.4. The lowest BCUT2D eigenvalue weighted by Crippen LogP contribution is -2.41. The molecule has 14 rings (SSSR count). The summed E-state index contributed by atoms with van der Waals surface area (Å²) in [7, 11) is 3.47. The molecule has 17 nitrogen and oxygen atoms in total. The predicted octanol–water partition coefficient (Wildman–Crippen LogP) is 10.6. The van der Waals surface area contributed by atoms with Gasteiger partial charge in [0.15, 0.2) is 0 Å². The van der Waals surface area contributed by atoms with Gasteiger partial charge in [-0.1, -0.05) is 97.9 Å². The summed E-state index contributed by atoms with van der Waals surface area (Å²) in [6.45, 7) is 10.2. The highest BCUT2D eigenvalue weighted by Crippen LogP contribution is 2.37. The lowest BCUT2D eigenvalue weighted by molar-refractivity contribution is 0.00578. The van der Waals surface area contributed by atoms with Gasteiger partial charge in [-0.2, -0.15) is 10.2 Å². The van der Waals surface area contributed by atoms with Crippen molar-refractivity contribution in [3.63, 3.8) is 0 Å². The number of aryl methyl sites for hydroxylation is 2. The van der Waals surface area contributed by atoms with Gasteiger partial charge in [-0.15, -0.1) is 0 Å². The van der Waals surface area contributed by atoms with E-state index in [1.807, 2.05) is 121 Å². The van der Waals surface area contributed by atoms with Crippen LogP contribution in [0.5, 0.6) is 0 Å². The van der Waals surface area contributed by atoms with Gasteiger partial charge < -0.3 is 24.3 Å². The Balaban J connectivity index is 0.000000135. The Labute approximate surface area is 499 Å². The Morgan fingerprint density at radius 3 is 1.47 bits per heavy atom. The summed E-state index contributed by atoms with van der Waals surface area (Å²) in [5, 5.41) is 35.1. The first-order valence-corrected chi connectivity index (χ1v) is 30.0. The number of hydrogen-bond acceptors (Lipinski definition) is 13. The summed E-state index contributed by atoms with van der Waals surface area (Å²) >= 11 is 5.93. The van der Waals surface area contributed by atoms with E-state index in [9.17, 15) is 19.8 Å². The molecule has 2 aliphatic carbocycles. The minimum Gasteiger partial charge on any atom is -0.399 e. The molecule has 4 aliphatic rings. The maximum absolute atomic E-state index is 13.6. The van der Waals surface area contributed by atoms with Gasteiger partial charge in [-0.25, -0.2) is 15.0 Å². The van der Waals surface area contributed by atoms with Gasteiger partial charge in [-0.3, -0.25) is 33.1 Å². The van der Waals surface area contributed by atoms with Crippen LogP contribution in [0.25, 0.3) is 54.6 Å². The SMILES string of the molecule is C1CCOC1.Cn1cc(-c2ccc(Cc3cc4c(=O)n([C@H]5CCCC[C@@H]5O)cnc4c4ccccc34)cn2)cn1.Cn1cc(B2OC(C)(C)C(C)(C)O2)cn1.O=c1c2cc(Cc3ccc(Cl)nc3)c3ccccc3c2ncn1[C@H]1CCCC[C@@H]1O. The molecule has 2 N–H and O–H groups in total. The maximum atomic E-state index is 13.6. The summed E-state index contributed by atoms with van der Waals surface area (Å²) in [4.78, 5) is 45.3. The van der Waals surface area contributed by atoms with Crippen molar-refractivity contribution in [3.8, 4) is 11.3 Å². The first kappa shape index (κ1) is 59.3. The fraction of sp³-hybridized carbons (Fsp3) is 0.394. The number of hydrogen-bond donors (Lipinski definition) is 2. The molecule has 10 aromatic rings. The molecular weight excluding hydrogens is 1090 g/mol. The average Bonchev–Trinajstić information content (AvgIpc) is 2.51. The summed E-state index contributed by atoms with van der Waals surface area (Å²) in [6.07, 6.45) is 24.2. The van der Waals surface area contributed by atoms with Crippen LogP contribution < -0.4 is 16.6 Å². The van der Waals surface area contributed by atoms with Crippen LogP contribution in [0.15, 0.2) is 144 Å². The summed E-state index contributed by atoms with van der Waals surface area (Å²) in [6, 6.07) is 27.5. The molecule has 0 spiro atoms. The van der Waals surface area contributed by atoms with E-state index in [0.29, 0.717) is 39.8 Å². The standard InChI is InChI=1S/C28H27N5O2.C24H22ClN3O2.C10H17BN2O2.C4H8O/c1-32-16-20(15-31-32)24-11-10-18(14-29-24)12-19-13-23-27(22-7-3-2-6-21(19)22)30-17-33(28(23)35)25-8-4-5-9-26(25)34;25-22-10-9-15(13-26-22)11-16-12-19-23(18-6-2-1-5-17(16)18)27-14-28(24(19)30)20-7-3-4-8-21(20)29;1-9(2)10(3,4)15-11(14-9)8-6-12-13(5)7-8;1-2-4-5-3-1/h2-3,6-7,10-11,13-17,25-26,34H,4-5,8-9,12H2,1H3;1-2,5-6,9-10,12-14,20-21,29H,3-4,7-8,11H2;6-7H,1-5H3;1-4H2/t25-,26-;20-,21-;;/m00../s1. The molecule has 0 bridgehead atoms. The van der Waals surface area contributed by atoms with Crippen molar-refractivity contribution in [2.24, 2.45) is 14.1 Å². The number of aliphatic hydroxyl groups excluding tert-OH is 2. The molecule has 2 aliphatic heterocycles. The zero-order valence-electron chi connectivity index (χ0n) is 49.3. The number of aromatic nitrogens is 10. The van der Waals surface area contributed by atoms with Gasteiger partial charge in [-0.05, 0) is 136 Å². The molecule has 0 amide bonds. The smallest absolute Gasteiger partial charge is 0.399 e. The Hall–Kier alpha value is -7.45. The van der Waals surface area contributed by atoms with Crippen molar-refractivity contribution in [2.45, 2.75) is 140 Å². The van der Waals surface area contributed by atoms with Crippen LogP contribution in [0.3, 0.4) is 0 Å². The van der Waals surface area contributed by atoms with E-state index >= 15 is 0 Å². The molecule has 440 valence electrons. The van der Waals surface area contributed by atoms with Crippen LogP contribution in [0, 0.1) is 0 Å². The Bertz CT molecular complexity index is 4060. The van der Waals surface area contributed by atoms with Gasteiger partial charge in [0.05, 0.1) is 81.8 Å². The van der Waals surface area contributed by atoms with Crippen LogP contribution in [0.1, 0.15) is 126 Å². The first-order valence-electron chi connectivity index (χ1n) is 29.7. The summed E-state index contributed by atoms with van der Waals surface area (Å²) < 4.78 is 23.5. The number of rotatable bonds is 8. The van der Waals surface area contributed by atoms with Crippen LogP contribution in [-0.2, 0) is 41.0 Å². The third kappa shape index (κ3) is 13.1. The Morgan fingerprint density at radius 1 is 0.565 bits per heavy atom. The topological polar surface area (TPSA) is 199 Å². The molecule has 4 aromatic carbocycles. The minimum absolute atomic E-state index is 0.0852. The second-order valence-corrected chi connectivity index (χ2v) is 24.2. The van der Waals surface area contributed by atoms with E-state index in [4.69, 9.17) is 30.6 Å². The second-order valence-electron chi connectivity index (χ2n) is 23.9. The van der Waals surface area contributed by atoms with Gasteiger partial charge in [0, 0.05) is 80.1 Å². The highest BCUT2D eigenvalue weighted by Gasteiger charge is 2.52. The Morgan fingerprint density at radius 2 is 1.05 bits per heavy atom. The molecule has 2 saturated carbocycles. The molecule has 19 heteroatoms. The van der Waals surface area contributed by atoms with Crippen molar-refractivity contribution < 1.29 is 24.3 Å². The molecule has 85 heavy (non-hydrogen) atoms. The van der Waals surface area contributed by atoms with E-state index < -0.39 is 12.2 Å². The molecule has 2 saturated heterocycles. The third-order valence-electron chi connectivity index (χ3n) is 17.3. The van der Waals surface area contributed by atoms with Gasteiger partial charge in [0.1, 0.15) is 5.15 Å². The summed E-state index contributed by atoms with van der Waals surface area (Å²) in [5.41, 5.74) is 7.69. The molecular formula is C66H74BClN10O7. The number of pyridine rings is 2. The van der Waals surface area contributed by atoms with Crippen LogP contribution >= 0.6 is 11.6 Å². The molecule has 4 fully saturated rings. The third-order valence-corrected chi connectivity index (χ3v) is 17.6. The van der Waals surface area contributed by atoms with E-state index in [2.05, 4.69) is 43.3 Å². The highest BCUT2D eigenvalue weighted by molar-refractivity contribution is 6.62. The van der Waals surface area contributed by atoms with Crippen molar-refractivity contribution in [2.75, 3.05) is 13.2 Å². The fourth-order valence-electron chi connectivity index (χ4n) is 12.0. The zero-order valence-corrected chi connectivity index (χ0v) is 50.0. The fourth-order valence-corrected chi connectivity index (χ4v) is 12.1. The summed E-state index contributed by atoms with van der Waals surface area (Å²) in [5.74, 6) is 0. The van der Waals surface area contributed by atoms with Crippen molar-refractivity contribution in [1.82, 2.24) is 48.6 Å².